The number of rotatable bonds is 1. The molecule has 1 fully saturated rings. The highest BCUT2D eigenvalue weighted by Gasteiger charge is 2.50. The average molecular weight is 356 g/mol. The fourth-order valence-corrected chi connectivity index (χ4v) is 2.55. The second kappa shape index (κ2) is 5.33. The van der Waals surface area contributed by atoms with E-state index in [1.807, 2.05) is 24.3 Å². The van der Waals surface area contributed by atoms with Crippen molar-refractivity contribution in [2.45, 2.75) is 38.8 Å². The number of imide groups is 1. The summed E-state index contributed by atoms with van der Waals surface area (Å²) >= 11 is 3.39. The first-order valence-electron chi connectivity index (χ1n) is 6.59. The zero-order valence-corrected chi connectivity index (χ0v) is 14.1. The Kier molecular flexibility index (Phi) is 4.02. The molecule has 0 radical (unpaired) electrons. The Morgan fingerprint density at radius 1 is 1.43 bits per heavy atom. The van der Waals surface area contributed by atoms with Crippen LogP contribution in [0.3, 0.4) is 0 Å². The molecule has 1 saturated heterocycles. The highest BCUT2D eigenvalue weighted by molar-refractivity contribution is 9.10. The molecule has 1 aromatic rings. The van der Waals surface area contributed by atoms with Gasteiger partial charge in [0.05, 0.1) is 0 Å². The van der Waals surface area contributed by atoms with Gasteiger partial charge in [-0.05, 0) is 45.4 Å². The van der Waals surface area contributed by atoms with Crippen molar-refractivity contribution in [3.8, 4) is 0 Å². The summed E-state index contributed by atoms with van der Waals surface area (Å²) in [5.74, 6) is 0. The number of cyclic esters (lactones) is 1. The number of nitrogens with zero attached hydrogens (tertiary/aromatic N) is 1. The van der Waals surface area contributed by atoms with Crippen molar-refractivity contribution in [3.63, 3.8) is 0 Å². The molecule has 6 heteroatoms. The van der Waals surface area contributed by atoms with Gasteiger partial charge in [-0.2, -0.15) is 4.90 Å². The van der Waals surface area contributed by atoms with E-state index in [1.165, 1.54) is 0 Å². The highest BCUT2D eigenvalue weighted by atomic mass is 79.9. The van der Waals surface area contributed by atoms with Crippen LogP contribution in [0.5, 0.6) is 0 Å². The molecule has 0 saturated carbocycles. The van der Waals surface area contributed by atoms with Gasteiger partial charge in [0.15, 0.2) is 0 Å². The maximum absolute atomic E-state index is 12.3. The quantitative estimate of drug-likeness (QED) is 0.762. The van der Waals surface area contributed by atoms with Gasteiger partial charge in [0, 0.05) is 4.47 Å². The summed E-state index contributed by atoms with van der Waals surface area (Å²) in [5, 5.41) is 0. The van der Waals surface area contributed by atoms with E-state index in [2.05, 4.69) is 15.9 Å². The van der Waals surface area contributed by atoms with Crippen LogP contribution >= 0.6 is 15.9 Å². The van der Waals surface area contributed by atoms with Crippen molar-refractivity contribution in [1.29, 1.82) is 0 Å². The first-order valence-corrected chi connectivity index (χ1v) is 7.39. The number of halogens is 1. The minimum absolute atomic E-state index is 0.0987. The molecular weight excluding hydrogens is 338 g/mol. The topological polar surface area (TPSA) is 55.8 Å². The van der Waals surface area contributed by atoms with E-state index in [0.29, 0.717) is 0 Å². The minimum Gasteiger partial charge on any atom is -0.446 e. The Balaban J connectivity index is 2.38. The monoisotopic (exact) mass is 355 g/mol. The number of carbonyl (C=O) groups is 2. The Hall–Kier alpha value is -1.56. The fraction of sp³-hybridized carbons (Fsp3) is 0.467. The van der Waals surface area contributed by atoms with Crippen molar-refractivity contribution in [2.24, 2.45) is 0 Å². The molecule has 114 valence electrons. The molecule has 1 unspecified atom stereocenters. The van der Waals surface area contributed by atoms with Crippen LogP contribution in [0.25, 0.3) is 0 Å². The lowest BCUT2D eigenvalue weighted by Gasteiger charge is -2.32. The van der Waals surface area contributed by atoms with E-state index in [-0.39, 0.29) is 6.61 Å². The third kappa shape index (κ3) is 3.20. The molecule has 2 amide bonds. The SMILES string of the molecule is CC(C)(C)OC(=O)N1C(=O)OCC1(C)c1cccc(Br)c1. The van der Waals surface area contributed by atoms with Crippen molar-refractivity contribution in [3.05, 3.63) is 34.3 Å². The van der Waals surface area contributed by atoms with Gasteiger partial charge in [-0.3, -0.25) is 0 Å². The van der Waals surface area contributed by atoms with Crippen molar-refractivity contribution >= 4 is 28.1 Å². The Morgan fingerprint density at radius 2 is 2.10 bits per heavy atom. The molecule has 1 aliphatic rings. The number of hydrogen-bond donors (Lipinski definition) is 0. The Labute approximate surface area is 132 Å². The van der Waals surface area contributed by atoms with Gasteiger partial charge in [-0.25, -0.2) is 9.59 Å². The second-order valence-corrected chi connectivity index (χ2v) is 7.07. The summed E-state index contributed by atoms with van der Waals surface area (Å²) in [7, 11) is 0. The summed E-state index contributed by atoms with van der Waals surface area (Å²) in [6, 6.07) is 7.44. The Morgan fingerprint density at radius 3 is 2.67 bits per heavy atom. The summed E-state index contributed by atoms with van der Waals surface area (Å²) < 4.78 is 11.3. The van der Waals surface area contributed by atoms with Gasteiger partial charge >= 0.3 is 12.2 Å². The summed E-state index contributed by atoms with van der Waals surface area (Å²) in [6.45, 7) is 7.14. The van der Waals surface area contributed by atoms with E-state index < -0.39 is 23.3 Å². The van der Waals surface area contributed by atoms with Crippen LogP contribution in [0.2, 0.25) is 0 Å². The molecule has 2 rings (SSSR count). The van der Waals surface area contributed by atoms with Gasteiger partial charge in [-0.15, -0.1) is 0 Å². The van der Waals surface area contributed by atoms with Crippen LogP contribution in [-0.4, -0.2) is 29.3 Å². The second-order valence-electron chi connectivity index (χ2n) is 6.15. The molecule has 0 N–H and O–H groups in total. The first-order chi connectivity index (χ1) is 9.63. The molecule has 0 spiro atoms. The Bertz CT molecular complexity index is 581. The first kappa shape index (κ1) is 15.8. The van der Waals surface area contributed by atoms with Crippen LogP contribution in [0.15, 0.2) is 28.7 Å². The van der Waals surface area contributed by atoms with Gasteiger partial charge in [0.25, 0.3) is 0 Å². The maximum atomic E-state index is 12.3. The molecule has 5 nitrogen and oxygen atoms in total. The van der Waals surface area contributed by atoms with E-state index in [9.17, 15) is 9.59 Å². The van der Waals surface area contributed by atoms with E-state index in [0.717, 1.165) is 14.9 Å². The maximum Gasteiger partial charge on any atom is 0.420 e. The molecule has 0 aromatic heterocycles. The largest absolute Gasteiger partial charge is 0.446 e. The number of ether oxygens (including phenoxy) is 2. The molecule has 1 atom stereocenters. The number of hydrogen-bond acceptors (Lipinski definition) is 4. The standard InChI is InChI=1S/C15H18BrNO4/c1-14(2,3)21-13(19)17-12(18)20-9-15(17,4)10-6-5-7-11(16)8-10/h5-8H,9H2,1-4H3. The molecule has 1 aromatic carbocycles. The van der Waals surface area contributed by atoms with Gasteiger partial charge in [0.2, 0.25) is 0 Å². The minimum atomic E-state index is -0.886. The molecule has 21 heavy (non-hydrogen) atoms. The number of carbonyl (C=O) groups excluding carboxylic acids is 2. The predicted molar refractivity (Wildman–Crippen MR) is 80.9 cm³/mol. The van der Waals surface area contributed by atoms with Crippen LogP contribution in [0.4, 0.5) is 9.59 Å². The molecule has 0 bridgehead atoms. The molecule has 0 aliphatic carbocycles. The third-order valence-corrected chi connectivity index (χ3v) is 3.67. The molecular formula is C15H18BrNO4. The number of benzene rings is 1. The average Bonchev–Trinajstić information content (AvgIpc) is 2.64. The van der Waals surface area contributed by atoms with Crippen LogP contribution < -0.4 is 0 Å². The van der Waals surface area contributed by atoms with Crippen LogP contribution in [0.1, 0.15) is 33.3 Å². The smallest absolute Gasteiger partial charge is 0.420 e. The van der Waals surface area contributed by atoms with Crippen molar-refractivity contribution in [2.75, 3.05) is 6.61 Å². The highest BCUT2D eigenvalue weighted by Crippen LogP contribution is 2.36. The zero-order valence-electron chi connectivity index (χ0n) is 12.5. The van der Waals surface area contributed by atoms with Crippen molar-refractivity contribution in [1.82, 2.24) is 4.90 Å². The van der Waals surface area contributed by atoms with Crippen LogP contribution in [0, 0.1) is 0 Å². The van der Waals surface area contributed by atoms with Gasteiger partial charge in [-0.1, -0.05) is 28.1 Å². The predicted octanol–water partition coefficient (Wildman–Crippen LogP) is 4.05. The van der Waals surface area contributed by atoms with E-state index in [1.54, 1.807) is 27.7 Å². The lowest BCUT2D eigenvalue weighted by molar-refractivity contribution is 0.0201. The van der Waals surface area contributed by atoms with Gasteiger partial charge in [0.1, 0.15) is 17.7 Å². The lowest BCUT2D eigenvalue weighted by atomic mass is 9.92. The van der Waals surface area contributed by atoms with Crippen molar-refractivity contribution < 1.29 is 19.1 Å². The fourth-order valence-electron chi connectivity index (χ4n) is 2.15. The van der Waals surface area contributed by atoms with Crippen LogP contribution in [-0.2, 0) is 15.0 Å². The van der Waals surface area contributed by atoms with E-state index in [4.69, 9.17) is 9.47 Å². The van der Waals surface area contributed by atoms with E-state index >= 15 is 0 Å². The zero-order chi connectivity index (χ0) is 15.8. The third-order valence-electron chi connectivity index (χ3n) is 3.18. The summed E-state index contributed by atoms with van der Waals surface area (Å²) in [4.78, 5) is 25.3. The number of amides is 2. The lowest BCUT2D eigenvalue weighted by Crippen LogP contribution is -2.48. The van der Waals surface area contributed by atoms with Gasteiger partial charge < -0.3 is 9.47 Å². The summed E-state index contributed by atoms with van der Waals surface area (Å²) in [6.07, 6.45) is -1.39. The molecule has 1 heterocycles. The molecule has 1 aliphatic heterocycles. The normalized spacial score (nSPS) is 22.1. The summed E-state index contributed by atoms with van der Waals surface area (Å²) in [5.41, 5.74) is -0.769.